The minimum absolute atomic E-state index is 0.0336. The minimum atomic E-state index is -0.106. The fourth-order valence-corrected chi connectivity index (χ4v) is 3.35. The van der Waals surface area contributed by atoms with Crippen LogP contribution in [0.4, 0.5) is 0 Å². The highest BCUT2D eigenvalue weighted by Crippen LogP contribution is 2.28. The van der Waals surface area contributed by atoms with Crippen LogP contribution < -0.4 is 0 Å². The molecule has 0 radical (unpaired) electrons. The van der Waals surface area contributed by atoms with Gasteiger partial charge in [0.2, 0.25) is 11.8 Å². The van der Waals surface area contributed by atoms with Crippen molar-refractivity contribution in [1.82, 2.24) is 14.4 Å². The summed E-state index contributed by atoms with van der Waals surface area (Å²) in [6, 6.07) is 14.1. The standard InChI is InChI=1S/C24H31N3O2/c1-3-4-17-26(23(28)15-12-20-9-6-5-7-10-20)19-24(29)27(21-13-14-21)18-22-11-8-16-25(22)2/h5-12,15-16,21H,3-4,13-14,17-19H2,1-2H3. The lowest BCUT2D eigenvalue weighted by Crippen LogP contribution is -2.43. The number of unbranched alkanes of at least 4 members (excludes halogenated alkanes) is 1. The zero-order valence-corrected chi connectivity index (χ0v) is 17.5. The number of carbonyl (C=O) groups excluding carboxylic acids is 2. The highest BCUT2D eigenvalue weighted by molar-refractivity contribution is 5.94. The van der Waals surface area contributed by atoms with Gasteiger partial charge in [0, 0.05) is 37.6 Å². The van der Waals surface area contributed by atoms with Crippen molar-refractivity contribution < 1.29 is 9.59 Å². The molecule has 2 amide bonds. The maximum Gasteiger partial charge on any atom is 0.247 e. The molecule has 29 heavy (non-hydrogen) atoms. The molecule has 5 nitrogen and oxygen atoms in total. The Morgan fingerprint density at radius 2 is 1.90 bits per heavy atom. The monoisotopic (exact) mass is 393 g/mol. The molecule has 1 aliphatic rings. The summed E-state index contributed by atoms with van der Waals surface area (Å²) in [5.41, 5.74) is 2.09. The summed E-state index contributed by atoms with van der Waals surface area (Å²) in [6.07, 6.45) is 9.36. The molecule has 0 spiro atoms. The molecule has 0 atom stereocenters. The first-order valence-electron chi connectivity index (χ1n) is 10.5. The molecule has 1 heterocycles. The van der Waals surface area contributed by atoms with Gasteiger partial charge in [0.25, 0.3) is 0 Å². The van der Waals surface area contributed by atoms with Crippen molar-refractivity contribution in [1.29, 1.82) is 0 Å². The predicted octanol–water partition coefficient (Wildman–Crippen LogP) is 3.86. The van der Waals surface area contributed by atoms with E-state index in [0.29, 0.717) is 19.1 Å². The highest BCUT2D eigenvalue weighted by Gasteiger charge is 2.33. The van der Waals surface area contributed by atoms with Gasteiger partial charge in [-0.25, -0.2) is 0 Å². The summed E-state index contributed by atoms with van der Waals surface area (Å²) in [4.78, 5) is 29.5. The average Bonchev–Trinajstić information content (AvgIpc) is 3.49. The van der Waals surface area contributed by atoms with E-state index in [9.17, 15) is 9.59 Å². The number of hydrogen-bond acceptors (Lipinski definition) is 2. The van der Waals surface area contributed by atoms with Gasteiger partial charge in [0.1, 0.15) is 6.54 Å². The fourth-order valence-electron chi connectivity index (χ4n) is 3.35. The lowest BCUT2D eigenvalue weighted by atomic mass is 10.2. The molecular weight excluding hydrogens is 362 g/mol. The van der Waals surface area contributed by atoms with Crippen LogP contribution >= 0.6 is 0 Å². The number of nitrogens with zero attached hydrogens (tertiary/aromatic N) is 3. The molecule has 1 saturated carbocycles. The van der Waals surface area contributed by atoms with Gasteiger partial charge in [-0.15, -0.1) is 0 Å². The Morgan fingerprint density at radius 1 is 1.14 bits per heavy atom. The topological polar surface area (TPSA) is 45.6 Å². The average molecular weight is 394 g/mol. The van der Waals surface area contributed by atoms with Crippen LogP contribution in [0.15, 0.2) is 54.7 Å². The van der Waals surface area contributed by atoms with E-state index in [1.54, 1.807) is 11.0 Å². The molecular formula is C24H31N3O2. The molecule has 5 heteroatoms. The largest absolute Gasteiger partial charge is 0.353 e. The Hall–Kier alpha value is -2.82. The van der Waals surface area contributed by atoms with Crippen LogP contribution in [0.5, 0.6) is 0 Å². The van der Waals surface area contributed by atoms with Gasteiger partial charge in [-0.1, -0.05) is 43.7 Å². The lowest BCUT2D eigenvalue weighted by Gasteiger charge is -2.27. The predicted molar refractivity (Wildman–Crippen MR) is 116 cm³/mol. The van der Waals surface area contributed by atoms with Crippen molar-refractivity contribution in [3.63, 3.8) is 0 Å². The van der Waals surface area contributed by atoms with Crippen LogP contribution in [0.1, 0.15) is 43.9 Å². The van der Waals surface area contributed by atoms with Crippen molar-refractivity contribution in [3.8, 4) is 0 Å². The number of amides is 2. The molecule has 0 bridgehead atoms. The number of aryl methyl sites for hydroxylation is 1. The van der Waals surface area contributed by atoms with Crippen LogP contribution in [0.2, 0.25) is 0 Å². The third kappa shape index (κ3) is 6.08. The molecule has 0 saturated heterocycles. The third-order valence-electron chi connectivity index (χ3n) is 5.33. The van der Waals surface area contributed by atoms with Crippen LogP contribution in [-0.2, 0) is 23.2 Å². The van der Waals surface area contributed by atoms with E-state index >= 15 is 0 Å². The fraction of sp³-hybridized carbons (Fsp3) is 0.417. The smallest absolute Gasteiger partial charge is 0.247 e. The molecule has 1 aliphatic carbocycles. The first-order chi connectivity index (χ1) is 14.1. The first-order valence-corrected chi connectivity index (χ1v) is 10.5. The molecule has 1 aromatic carbocycles. The second-order valence-electron chi connectivity index (χ2n) is 7.72. The van der Waals surface area contributed by atoms with Crippen LogP contribution in [0, 0.1) is 0 Å². The van der Waals surface area contributed by atoms with Gasteiger partial charge in [-0.2, -0.15) is 0 Å². The number of carbonyl (C=O) groups is 2. The maximum absolute atomic E-state index is 13.1. The molecule has 0 aliphatic heterocycles. The summed E-state index contributed by atoms with van der Waals surface area (Å²) < 4.78 is 2.05. The van der Waals surface area contributed by atoms with Crippen molar-refractivity contribution in [2.45, 2.75) is 45.2 Å². The summed E-state index contributed by atoms with van der Waals surface area (Å²) in [5.74, 6) is -0.0727. The summed E-state index contributed by atoms with van der Waals surface area (Å²) in [6.45, 7) is 3.43. The molecule has 3 rings (SSSR count). The van der Waals surface area contributed by atoms with Crippen LogP contribution in [-0.4, -0.2) is 45.3 Å². The van der Waals surface area contributed by atoms with E-state index in [2.05, 4.69) is 6.92 Å². The number of rotatable bonds is 10. The van der Waals surface area contributed by atoms with Crippen LogP contribution in [0.25, 0.3) is 6.08 Å². The van der Waals surface area contributed by atoms with Gasteiger partial charge < -0.3 is 14.4 Å². The van der Waals surface area contributed by atoms with E-state index in [1.807, 2.05) is 71.3 Å². The second kappa shape index (κ2) is 10.1. The maximum atomic E-state index is 13.1. The molecule has 154 valence electrons. The first kappa shape index (κ1) is 20.9. The zero-order valence-electron chi connectivity index (χ0n) is 17.5. The Morgan fingerprint density at radius 3 is 2.52 bits per heavy atom. The van der Waals surface area contributed by atoms with Gasteiger partial charge >= 0.3 is 0 Å². The quantitative estimate of drug-likeness (QED) is 0.576. The lowest BCUT2D eigenvalue weighted by molar-refractivity contribution is -0.139. The van der Waals surface area contributed by atoms with E-state index in [4.69, 9.17) is 0 Å². The van der Waals surface area contributed by atoms with Crippen molar-refractivity contribution in [2.75, 3.05) is 13.1 Å². The van der Waals surface area contributed by atoms with Gasteiger partial charge in [0.15, 0.2) is 0 Å². The minimum Gasteiger partial charge on any atom is -0.353 e. The van der Waals surface area contributed by atoms with E-state index < -0.39 is 0 Å². The molecule has 2 aromatic rings. The van der Waals surface area contributed by atoms with E-state index in [1.165, 1.54) is 0 Å². The summed E-state index contributed by atoms with van der Waals surface area (Å²) in [5, 5.41) is 0. The zero-order chi connectivity index (χ0) is 20.6. The van der Waals surface area contributed by atoms with E-state index in [0.717, 1.165) is 36.9 Å². The highest BCUT2D eigenvalue weighted by atomic mass is 16.2. The molecule has 1 aromatic heterocycles. The Bertz CT molecular complexity index is 837. The Kier molecular flexibility index (Phi) is 7.28. The second-order valence-corrected chi connectivity index (χ2v) is 7.72. The SMILES string of the molecule is CCCCN(CC(=O)N(Cc1cccn1C)C1CC1)C(=O)C=Cc1ccccc1. The number of aromatic nitrogens is 1. The number of benzene rings is 1. The van der Waals surface area contributed by atoms with Gasteiger partial charge in [-0.05, 0) is 43.0 Å². The molecule has 0 N–H and O–H groups in total. The number of hydrogen-bond donors (Lipinski definition) is 0. The Balaban J connectivity index is 1.67. The van der Waals surface area contributed by atoms with Crippen molar-refractivity contribution >= 4 is 17.9 Å². The van der Waals surface area contributed by atoms with Gasteiger partial charge in [-0.3, -0.25) is 9.59 Å². The van der Waals surface area contributed by atoms with Crippen molar-refractivity contribution in [3.05, 3.63) is 66.0 Å². The molecule has 1 fully saturated rings. The van der Waals surface area contributed by atoms with E-state index in [-0.39, 0.29) is 18.4 Å². The normalized spacial score (nSPS) is 13.6. The summed E-state index contributed by atoms with van der Waals surface area (Å²) in [7, 11) is 2.00. The summed E-state index contributed by atoms with van der Waals surface area (Å²) >= 11 is 0. The Labute approximate surface area is 173 Å². The van der Waals surface area contributed by atoms with Crippen molar-refractivity contribution in [2.24, 2.45) is 7.05 Å². The third-order valence-corrected chi connectivity index (χ3v) is 5.33. The van der Waals surface area contributed by atoms with Crippen LogP contribution in [0.3, 0.4) is 0 Å². The molecule has 0 unspecified atom stereocenters. The van der Waals surface area contributed by atoms with Gasteiger partial charge in [0.05, 0.1) is 6.54 Å².